The molecule has 6 nitrogen and oxygen atoms in total. The van der Waals surface area contributed by atoms with Crippen LogP contribution in [0.5, 0.6) is 5.88 Å². The zero-order valence-electron chi connectivity index (χ0n) is 13.6. The van der Waals surface area contributed by atoms with Gasteiger partial charge in [0.05, 0.1) is 0 Å². The van der Waals surface area contributed by atoms with E-state index in [2.05, 4.69) is 25.4 Å². The maximum Gasteiger partial charge on any atom is 0.239 e. The van der Waals surface area contributed by atoms with Crippen molar-refractivity contribution in [2.45, 2.75) is 19.3 Å². The number of hydrogen-bond donors (Lipinski definition) is 2. The summed E-state index contributed by atoms with van der Waals surface area (Å²) in [7, 11) is 0. The van der Waals surface area contributed by atoms with Crippen molar-refractivity contribution >= 4 is 28.6 Å². The Labute approximate surface area is 150 Å². The van der Waals surface area contributed by atoms with Gasteiger partial charge in [0.15, 0.2) is 5.65 Å². The molecule has 1 saturated heterocycles. The number of aromatic hydroxyl groups is 1. The molecule has 0 saturated carbocycles. The van der Waals surface area contributed by atoms with Crippen LogP contribution in [-0.2, 0) is 0 Å². The molecule has 1 aliphatic heterocycles. The van der Waals surface area contributed by atoms with Crippen LogP contribution in [0.25, 0.3) is 22.2 Å². The standard InChI is InChI=1S/C18H18ClN5O/c19-15-7-3-2-6-13(15)14-10-12-11-20-18(22-16(12)21-17(14)25)23-24-8-4-1-5-9-24/h2-3,6-7,10-11H,1,4-5,8-9H2,(H2,20,21,22,23,25). The lowest BCUT2D eigenvalue weighted by atomic mass is 10.1. The van der Waals surface area contributed by atoms with E-state index < -0.39 is 0 Å². The highest BCUT2D eigenvalue weighted by atomic mass is 35.5. The van der Waals surface area contributed by atoms with Crippen LogP contribution in [0.1, 0.15) is 19.3 Å². The van der Waals surface area contributed by atoms with Gasteiger partial charge in [0.2, 0.25) is 11.8 Å². The van der Waals surface area contributed by atoms with E-state index in [1.54, 1.807) is 12.3 Å². The van der Waals surface area contributed by atoms with E-state index in [1.165, 1.54) is 19.3 Å². The Bertz CT molecular complexity index is 911. The van der Waals surface area contributed by atoms with Crippen molar-refractivity contribution in [1.29, 1.82) is 0 Å². The molecule has 2 N–H and O–H groups in total. The maximum atomic E-state index is 10.3. The molecule has 0 radical (unpaired) electrons. The third-order valence-electron chi connectivity index (χ3n) is 4.33. The molecule has 0 spiro atoms. The van der Waals surface area contributed by atoms with E-state index in [0.29, 0.717) is 22.2 Å². The molecule has 1 aliphatic rings. The SMILES string of the molecule is Oc1nc2nc(NN3CCCCC3)ncc2cc1-c1ccccc1Cl. The summed E-state index contributed by atoms with van der Waals surface area (Å²) >= 11 is 6.23. The van der Waals surface area contributed by atoms with Crippen molar-refractivity contribution in [1.82, 2.24) is 20.0 Å². The molecule has 0 bridgehead atoms. The van der Waals surface area contributed by atoms with Gasteiger partial charge in [-0.15, -0.1) is 0 Å². The number of hydrazine groups is 1. The number of nitrogens with zero attached hydrogens (tertiary/aromatic N) is 4. The van der Waals surface area contributed by atoms with Gasteiger partial charge in [-0.25, -0.2) is 9.99 Å². The van der Waals surface area contributed by atoms with E-state index in [1.807, 2.05) is 24.3 Å². The predicted molar refractivity (Wildman–Crippen MR) is 98.5 cm³/mol. The molecule has 0 unspecified atom stereocenters. The van der Waals surface area contributed by atoms with Gasteiger partial charge in [-0.05, 0) is 25.0 Å². The fourth-order valence-electron chi connectivity index (χ4n) is 3.03. The molecule has 0 atom stereocenters. The topological polar surface area (TPSA) is 74.2 Å². The minimum absolute atomic E-state index is 0.0942. The molecule has 0 aliphatic carbocycles. The van der Waals surface area contributed by atoms with Crippen molar-refractivity contribution in [2.75, 3.05) is 18.5 Å². The highest BCUT2D eigenvalue weighted by Crippen LogP contribution is 2.34. The Morgan fingerprint density at radius 3 is 2.64 bits per heavy atom. The van der Waals surface area contributed by atoms with E-state index in [0.717, 1.165) is 24.0 Å². The molecule has 2 aromatic heterocycles. The summed E-state index contributed by atoms with van der Waals surface area (Å²) in [6.45, 7) is 1.96. The monoisotopic (exact) mass is 355 g/mol. The quantitative estimate of drug-likeness (QED) is 0.743. The Hall–Kier alpha value is -2.44. The van der Waals surface area contributed by atoms with Crippen LogP contribution in [0, 0.1) is 0 Å². The van der Waals surface area contributed by atoms with Gasteiger partial charge in [0.25, 0.3) is 0 Å². The smallest absolute Gasteiger partial charge is 0.239 e. The van der Waals surface area contributed by atoms with E-state index >= 15 is 0 Å². The summed E-state index contributed by atoms with van der Waals surface area (Å²) in [5.41, 5.74) is 4.96. The van der Waals surface area contributed by atoms with Crippen LogP contribution >= 0.6 is 11.6 Å². The highest BCUT2D eigenvalue weighted by molar-refractivity contribution is 6.33. The van der Waals surface area contributed by atoms with Crippen LogP contribution in [0.2, 0.25) is 5.02 Å². The van der Waals surface area contributed by atoms with Crippen molar-refractivity contribution in [2.24, 2.45) is 0 Å². The normalized spacial score (nSPS) is 15.4. The zero-order valence-corrected chi connectivity index (χ0v) is 14.4. The first-order valence-electron chi connectivity index (χ1n) is 8.34. The Balaban J connectivity index is 1.68. The summed E-state index contributed by atoms with van der Waals surface area (Å²) in [6, 6.07) is 9.15. The second kappa shape index (κ2) is 6.82. The van der Waals surface area contributed by atoms with Gasteiger partial charge in [-0.2, -0.15) is 9.97 Å². The maximum absolute atomic E-state index is 10.3. The molecule has 7 heteroatoms. The summed E-state index contributed by atoms with van der Waals surface area (Å²) in [5.74, 6) is 0.398. The zero-order chi connectivity index (χ0) is 17.2. The number of halogens is 1. The fourth-order valence-corrected chi connectivity index (χ4v) is 3.27. The number of rotatable bonds is 3. The van der Waals surface area contributed by atoms with Gasteiger partial charge < -0.3 is 5.11 Å². The summed E-state index contributed by atoms with van der Waals surface area (Å²) in [6.07, 6.45) is 5.31. The van der Waals surface area contributed by atoms with Gasteiger partial charge in [0, 0.05) is 40.8 Å². The predicted octanol–water partition coefficient (Wildman–Crippen LogP) is 3.86. The molecule has 25 heavy (non-hydrogen) atoms. The van der Waals surface area contributed by atoms with Crippen LogP contribution in [-0.4, -0.2) is 38.2 Å². The lowest BCUT2D eigenvalue weighted by Crippen LogP contribution is -2.35. The molecule has 3 heterocycles. The third-order valence-corrected chi connectivity index (χ3v) is 4.66. The molecule has 3 aromatic rings. The van der Waals surface area contributed by atoms with Crippen LogP contribution in [0.3, 0.4) is 0 Å². The van der Waals surface area contributed by atoms with Crippen molar-refractivity contribution in [3.8, 4) is 17.0 Å². The number of benzene rings is 1. The van der Waals surface area contributed by atoms with Crippen LogP contribution in [0.15, 0.2) is 36.5 Å². The lowest BCUT2D eigenvalue weighted by Gasteiger charge is -2.26. The molecular formula is C18H18ClN5O. The van der Waals surface area contributed by atoms with Gasteiger partial charge in [-0.1, -0.05) is 36.2 Å². The number of nitrogens with one attached hydrogen (secondary N) is 1. The van der Waals surface area contributed by atoms with E-state index in [4.69, 9.17) is 11.6 Å². The number of aromatic nitrogens is 3. The first-order chi connectivity index (χ1) is 12.2. The van der Waals surface area contributed by atoms with E-state index in [-0.39, 0.29) is 5.88 Å². The van der Waals surface area contributed by atoms with E-state index in [9.17, 15) is 5.11 Å². The largest absolute Gasteiger partial charge is 0.493 e. The molecule has 0 amide bonds. The molecular weight excluding hydrogens is 338 g/mol. The number of hydrogen-bond acceptors (Lipinski definition) is 6. The molecule has 128 valence electrons. The summed E-state index contributed by atoms with van der Waals surface area (Å²) in [4.78, 5) is 13.0. The lowest BCUT2D eigenvalue weighted by molar-refractivity contribution is 0.271. The number of pyridine rings is 1. The minimum Gasteiger partial charge on any atom is -0.493 e. The van der Waals surface area contributed by atoms with Crippen LogP contribution in [0.4, 0.5) is 5.95 Å². The average molecular weight is 356 g/mol. The number of anilines is 1. The average Bonchev–Trinajstić information content (AvgIpc) is 2.63. The fraction of sp³-hybridized carbons (Fsp3) is 0.278. The number of piperidine rings is 1. The Morgan fingerprint density at radius 1 is 1.04 bits per heavy atom. The molecule has 4 rings (SSSR count). The van der Waals surface area contributed by atoms with Crippen molar-refractivity contribution in [3.05, 3.63) is 41.6 Å². The van der Waals surface area contributed by atoms with Gasteiger partial charge in [0.1, 0.15) is 0 Å². The summed E-state index contributed by atoms with van der Waals surface area (Å²) in [5, 5.41) is 13.8. The highest BCUT2D eigenvalue weighted by Gasteiger charge is 2.14. The Kier molecular flexibility index (Phi) is 4.38. The number of fused-ring (bicyclic) bond motifs is 1. The summed E-state index contributed by atoms with van der Waals surface area (Å²) < 4.78 is 0. The first-order valence-corrected chi connectivity index (χ1v) is 8.72. The van der Waals surface area contributed by atoms with Gasteiger partial charge in [-0.3, -0.25) is 5.43 Å². The van der Waals surface area contributed by atoms with Crippen molar-refractivity contribution < 1.29 is 5.11 Å². The van der Waals surface area contributed by atoms with Gasteiger partial charge >= 0.3 is 0 Å². The Morgan fingerprint density at radius 2 is 1.84 bits per heavy atom. The second-order valence-electron chi connectivity index (χ2n) is 6.11. The minimum atomic E-state index is -0.0942. The molecule has 1 aromatic carbocycles. The molecule has 1 fully saturated rings. The second-order valence-corrected chi connectivity index (χ2v) is 6.51. The first kappa shape index (κ1) is 16.1. The van der Waals surface area contributed by atoms with Crippen LogP contribution < -0.4 is 5.43 Å². The third kappa shape index (κ3) is 3.36. The van der Waals surface area contributed by atoms with Crippen molar-refractivity contribution in [3.63, 3.8) is 0 Å².